The zero-order chi connectivity index (χ0) is 14.0. The highest BCUT2D eigenvalue weighted by atomic mass is 79.9. The molecule has 0 radical (unpaired) electrons. The van der Waals surface area contributed by atoms with Crippen LogP contribution in [0.5, 0.6) is 0 Å². The molecular formula is C12H13BrN2O3S. The minimum Gasteiger partial charge on any atom is -0.444 e. The number of hydrogen-bond acceptors (Lipinski definition) is 4. The number of rotatable bonds is 4. The Morgan fingerprint density at radius 3 is 2.42 bits per heavy atom. The third-order valence-electron chi connectivity index (χ3n) is 2.61. The fourth-order valence-electron chi connectivity index (χ4n) is 1.47. The van der Waals surface area contributed by atoms with Crippen LogP contribution in [0.3, 0.4) is 0 Å². The molecule has 0 spiro atoms. The first-order valence-electron chi connectivity index (χ1n) is 5.56. The van der Waals surface area contributed by atoms with E-state index < -0.39 is 10.0 Å². The van der Waals surface area contributed by atoms with Gasteiger partial charge in [-0.15, -0.1) is 0 Å². The first kappa shape index (κ1) is 14.2. The smallest absolute Gasteiger partial charge is 0.241 e. The molecule has 0 bridgehead atoms. The van der Waals surface area contributed by atoms with Crippen LogP contribution in [0.15, 0.2) is 38.1 Å². The Hall–Kier alpha value is -1.18. The number of sulfonamides is 1. The van der Waals surface area contributed by atoms with Crippen LogP contribution in [0, 0.1) is 13.8 Å². The van der Waals surface area contributed by atoms with Gasteiger partial charge in [0.05, 0.1) is 17.1 Å². The Bertz CT molecular complexity index is 658. The summed E-state index contributed by atoms with van der Waals surface area (Å²) in [5.74, 6) is 1.05. The second kappa shape index (κ2) is 5.44. The van der Waals surface area contributed by atoms with Crippen LogP contribution in [-0.4, -0.2) is 13.4 Å². The number of oxazole rings is 1. The van der Waals surface area contributed by atoms with Gasteiger partial charge < -0.3 is 4.42 Å². The van der Waals surface area contributed by atoms with E-state index in [1.807, 2.05) is 6.92 Å². The average molecular weight is 345 g/mol. The number of halogens is 1. The van der Waals surface area contributed by atoms with Crippen molar-refractivity contribution in [3.8, 4) is 0 Å². The molecule has 1 aromatic carbocycles. The molecule has 1 N–H and O–H groups in total. The number of hydrogen-bond donors (Lipinski definition) is 1. The van der Waals surface area contributed by atoms with Crippen molar-refractivity contribution in [3.63, 3.8) is 0 Å². The Morgan fingerprint density at radius 2 is 1.89 bits per heavy atom. The summed E-state index contributed by atoms with van der Waals surface area (Å²) in [6, 6.07) is 6.40. The van der Waals surface area contributed by atoms with Crippen molar-refractivity contribution >= 4 is 26.0 Å². The van der Waals surface area contributed by atoms with Gasteiger partial charge in [0.2, 0.25) is 15.9 Å². The van der Waals surface area contributed by atoms with E-state index in [1.54, 1.807) is 19.1 Å². The van der Waals surface area contributed by atoms with Gasteiger partial charge in [0.1, 0.15) is 5.76 Å². The highest BCUT2D eigenvalue weighted by molar-refractivity contribution is 9.10. The predicted molar refractivity (Wildman–Crippen MR) is 74.1 cm³/mol. The Balaban J connectivity index is 2.11. The summed E-state index contributed by atoms with van der Waals surface area (Å²) in [5.41, 5.74) is 0.762. The fraction of sp³-hybridized carbons (Fsp3) is 0.250. The van der Waals surface area contributed by atoms with E-state index in [0.717, 1.165) is 10.2 Å². The maximum Gasteiger partial charge on any atom is 0.241 e. The van der Waals surface area contributed by atoms with Crippen LogP contribution in [0.4, 0.5) is 0 Å². The summed E-state index contributed by atoms with van der Waals surface area (Å²) in [4.78, 5) is 4.32. The van der Waals surface area contributed by atoms with Gasteiger partial charge in [0, 0.05) is 4.47 Å². The summed E-state index contributed by atoms with van der Waals surface area (Å²) in [6.07, 6.45) is 0. The SMILES string of the molecule is Cc1nc(CNS(=O)(=O)c2ccc(Br)cc2)oc1C. The summed E-state index contributed by atoms with van der Waals surface area (Å²) in [5, 5.41) is 0. The summed E-state index contributed by atoms with van der Waals surface area (Å²) < 4.78 is 32.6. The lowest BCUT2D eigenvalue weighted by Gasteiger charge is -2.04. The maximum absolute atomic E-state index is 12.0. The molecule has 0 aliphatic carbocycles. The lowest BCUT2D eigenvalue weighted by Crippen LogP contribution is -2.23. The molecule has 0 unspecified atom stereocenters. The van der Waals surface area contributed by atoms with E-state index in [1.165, 1.54) is 12.1 Å². The lowest BCUT2D eigenvalue weighted by atomic mass is 10.4. The number of nitrogens with zero attached hydrogens (tertiary/aromatic N) is 1. The van der Waals surface area contributed by atoms with Crippen LogP contribution in [0.25, 0.3) is 0 Å². The molecule has 1 heterocycles. The minimum atomic E-state index is -3.55. The molecule has 0 aliphatic rings. The monoisotopic (exact) mass is 344 g/mol. The van der Waals surface area contributed by atoms with Gasteiger partial charge in [-0.05, 0) is 38.1 Å². The minimum absolute atomic E-state index is 0.0348. The van der Waals surface area contributed by atoms with E-state index in [-0.39, 0.29) is 11.4 Å². The van der Waals surface area contributed by atoms with Crippen molar-refractivity contribution in [2.45, 2.75) is 25.3 Å². The van der Waals surface area contributed by atoms with Gasteiger partial charge in [-0.2, -0.15) is 0 Å². The molecule has 0 amide bonds. The summed E-state index contributed by atoms with van der Waals surface area (Å²) >= 11 is 3.26. The molecule has 19 heavy (non-hydrogen) atoms. The van der Waals surface area contributed by atoms with Crippen LogP contribution >= 0.6 is 15.9 Å². The standard InChI is InChI=1S/C12H13BrN2O3S/c1-8-9(2)18-12(15-8)7-14-19(16,17)11-5-3-10(13)4-6-11/h3-6,14H,7H2,1-2H3. The van der Waals surface area contributed by atoms with Crippen molar-refractivity contribution in [3.05, 3.63) is 46.1 Å². The molecule has 0 fully saturated rings. The zero-order valence-corrected chi connectivity index (χ0v) is 12.9. The van der Waals surface area contributed by atoms with Gasteiger partial charge in [0.25, 0.3) is 0 Å². The quantitative estimate of drug-likeness (QED) is 0.924. The molecule has 0 aliphatic heterocycles. The lowest BCUT2D eigenvalue weighted by molar-refractivity contribution is 0.463. The van der Waals surface area contributed by atoms with Crippen LogP contribution in [0.2, 0.25) is 0 Å². The van der Waals surface area contributed by atoms with Gasteiger partial charge in [-0.3, -0.25) is 0 Å². The normalized spacial score (nSPS) is 11.7. The van der Waals surface area contributed by atoms with Crippen LogP contribution < -0.4 is 4.72 Å². The Kier molecular flexibility index (Phi) is 4.07. The van der Waals surface area contributed by atoms with E-state index in [2.05, 4.69) is 25.6 Å². The van der Waals surface area contributed by atoms with E-state index in [9.17, 15) is 8.42 Å². The van der Waals surface area contributed by atoms with Gasteiger partial charge in [-0.25, -0.2) is 18.1 Å². The molecule has 7 heteroatoms. The van der Waals surface area contributed by atoms with Gasteiger partial charge in [-0.1, -0.05) is 15.9 Å². The highest BCUT2D eigenvalue weighted by Gasteiger charge is 2.15. The molecule has 2 rings (SSSR count). The first-order chi connectivity index (χ1) is 8.88. The molecule has 2 aromatic rings. The molecular weight excluding hydrogens is 332 g/mol. The van der Waals surface area contributed by atoms with E-state index in [0.29, 0.717) is 11.7 Å². The second-order valence-electron chi connectivity index (χ2n) is 4.03. The van der Waals surface area contributed by atoms with Crippen LogP contribution in [0.1, 0.15) is 17.3 Å². The van der Waals surface area contributed by atoms with E-state index in [4.69, 9.17) is 4.42 Å². The third-order valence-corrected chi connectivity index (χ3v) is 4.56. The molecule has 5 nitrogen and oxygen atoms in total. The van der Waals surface area contributed by atoms with Gasteiger partial charge in [0.15, 0.2) is 0 Å². The topological polar surface area (TPSA) is 72.2 Å². The average Bonchev–Trinajstić information content (AvgIpc) is 2.67. The number of aryl methyl sites for hydroxylation is 2. The molecule has 0 atom stereocenters. The van der Waals surface area contributed by atoms with Crippen molar-refractivity contribution in [2.24, 2.45) is 0 Å². The van der Waals surface area contributed by atoms with Crippen molar-refractivity contribution in [1.82, 2.24) is 9.71 Å². The Labute approximate surface area is 120 Å². The van der Waals surface area contributed by atoms with Crippen molar-refractivity contribution < 1.29 is 12.8 Å². The van der Waals surface area contributed by atoms with Crippen molar-refractivity contribution in [2.75, 3.05) is 0 Å². The van der Waals surface area contributed by atoms with Crippen LogP contribution in [-0.2, 0) is 16.6 Å². The zero-order valence-electron chi connectivity index (χ0n) is 10.5. The fourth-order valence-corrected chi connectivity index (χ4v) is 2.71. The largest absolute Gasteiger partial charge is 0.444 e. The number of nitrogens with one attached hydrogen (secondary N) is 1. The highest BCUT2D eigenvalue weighted by Crippen LogP contribution is 2.15. The summed E-state index contributed by atoms with van der Waals surface area (Å²) in [6.45, 7) is 3.63. The summed E-state index contributed by atoms with van der Waals surface area (Å²) in [7, 11) is -3.55. The van der Waals surface area contributed by atoms with Crippen molar-refractivity contribution in [1.29, 1.82) is 0 Å². The number of aromatic nitrogens is 1. The maximum atomic E-state index is 12.0. The third kappa shape index (κ3) is 3.43. The second-order valence-corrected chi connectivity index (χ2v) is 6.71. The number of benzene rings is 1. The first-order valence-corrected chi connectivity index (χ1v) is 7.84. The molecule has 102 valence electrons. The Morgan fingerprint density at radius 1 is 1.26 bits per heavy atom. The van der Waals surface area contributed by atoms with Gasteiger partial charge >= 0.3 is 0 Å². The molecule has 0 saturated carbocycles. The molecule has 0 saturated heterocycles. The predicted octanol–water partition coefficient (Wildman–Crippen LogP) is 2.53. The molecule has 1 aromatic heterocycles. The van der Waals surface area contributed by atoms with E-state index >= 15 is 0 Å².